The van der Waals surface area contributed by atoms with Gasteiger partial charge in [-0.05, 0) is 24.6 Å². The highest BCUT2D eigenvalue weighted by molar-refractivity contribution is 6.33. The molecule has 10 heteroatoms. The monoisotopic (exact) mass is 388 g/mol. The number of nitrogens with one attached hydrogen (secondary N) is 2. The van der Waals surface area contributed by atoms with Gasteiger partial charge in [-0.15, -0.1) is 12.4 Å². The highest BCUT2D eigenvalue weighted by Gasteiger charge is 2.31. The zero-order valence-electron chi connectivity index (χ0n) is 12.6. The lowest BCUT2D eigenvalue weighted by Gasteiger charge is -2.14. The second-order valence-electron chi connectivity index (χ2n) is 4.80. The molecule has 136 valence electrons. The lowest BCUT2D eigenvalue weighted by atomic mass is 10.1. The fourth-order valence-corrected chi connectivity index (χ4v) is 1.97. The minimum atomic E-state index is -4.56. The second kappa shape index (κ2) is 9.71. The third-order valence-corrected chi connectivity index (χ3v) is 3.28. The Morgan fingerprint density at radius 1 is 1.33 bits per heavy atom. The largest absolute Gasteiger partial charge is 0.480 e. The van der Waals surface area contributed by atoms with E-state index in [9.17, 15) is 22.8 Å². The summed E-state index contributed by atoms with van der Waals surface area (Å²) in [6.45, 7) is 1.43. The summed E-state index contributed by atoms with van der Waals surface area (Å²) >= 11 is 5.76. The van der Waals surface area contributed by atoms with Crippen molar-refractivity contribution in [3.8, 4) is 0 Å². The summed E-state index contributed by atoms with van der Waals surface area (Å²) in [7, 11) is 0. The van der Waals surface area contributed by atoms with Crippen molar-refractivity contribution in [1.29, 1.82) is 0 Å². The third-order valence-electron chi connectivity index (χ3n) is 2.95. The summed E-state index contributed by atoms with van der Waals surface area (Å²) in [4.78, 5) is 22.7. The molecule has 0 radical (unpaired) electrons. The first-order chi connectivity index (χ1) is 10.6. The predicted molar refractivity (Wildman–Crippen MR) is 86.7 cm³/mol. The Morgan fingerprint density at radius 3 is 2.46 bits per heavy atom. The van der Waals surface area contributed by atoms with E-state index in [0.29, 0.717) is 12.8 Å². The molecule has 1 unspecified atom stereocenters. The van der Waals surface area contributed by atoms with Gasteiger partial charge in [-0.1, -0.05) is 24.9 Å². The normalized spacial score (nSPS) is 12.2. The number of carboxylic acids is 1. The van der Waals surface area contributed by atoms with Crippen molar-refractivity contribution in [1.82, 2.24) is 5.32 Å². The Balaban J connectivity index is 0.00000529. The summed E-state index contributed by atoms with van der Waals surface area (Å²) in [5.74, 6) is -1.79. The first-order valence-electron chi connectivity index (χ1n) is 6.78. The molecule has 0 fully saturated rings. The molecule has 3 N–H and O–H groups in total. The quantitative estimate of drug-likeness (QED) is 0.667. The maximum atomic E-state index is 12.6. The van der Waals surface area contributed by atoms with Crippen LogP contribution in [-0.4, -0.2) is 29.6 Å². The standard InChI is InChI=1S/C14H16ClF3N2O3.ClH/c1-2-3-10(13(22)23)19-7-12(21)20-11-6-8(14(16,17)18)4-5-9(11)15;/h4-6,10,19H,2-3,7H2,1H3,(H,20,21)(H,22,23);1H. The average Bonchev–Trinajstić information content (AvgIpc) is 2.44. The van der Waals surface area contributed by atoms with Crippen LogP contribution in [-0.2, 0) is 15.8 Å². The number of hydrogen-bond acceptors (Lipinski definition) is 3. The summed E-state index contributed by atoms with van der Waals surface area (Å²) in [6, 6.07) is 1.66. The van der Waals surface area contributed by atoms with Gasteiger partial charge in [0, 0.05) is 0 Å². The minimum absolute atomic E-state index is 0. The van der Waals surface area contributed by atoms with Crippen LogP contribution in [0.4, 0.5) is 18.9 Å². The number of alkyl halides is 3. The van der Waals surface area contributed by atoms with Crippen molar-refractivity contribution in [2.45, 2.75) is 32.0 Å². The molecule has 0 aliphatic rings. The zero-order chi connectivity index (χ0) is 17.6. The maximum Gasteiger partial charge on any atom is 0.416 e. The molecule has 24 heavy (non-hydrogen) atoms. The van der Waals surface area contributed by atoms with Crippen LogP contribution in [0.25, 0.3) is 0 Å². The van der Waals surface area contributed by atoms with E-state index < -0.39 is 29.7 Å². The number of aliphatic carboxylic acids is 1. The molecule has 0 saturated carbocycles. The maximum absolute atomic E-state index is 12.6. The van der Waals surface area contributed by atoms with E-state index in [4.69, 9.17) is 16.7 Å². The van der Waals surface area contributed by atoms with Gasteiger partial charge in [0.2, 0.25) is 5.91 Å². The minimum Gasteiger partial charge on any atom is -0.480 e. The van der Waals surface area contributed by atoms with E-state index in [2.05, 4.69) is 10.6 Å². The summed E-state index contributed by atoms with van der Waals surface area (Å²) in [6.07, 6.45) is -3.63. The van der Waals surface area contributed by atoms with Crippen molar-refractivity contribution in [2.75, 3.05) is 11.9 Å². The number of rotatable bonds is 7. The molecular weight excluding hydrogens is 372 g/mol. The van der Waals surface area contributed by atoms with E-state index in [1.165, 1.54) is 0 Å². The fourth-order valence-electron chi connectivity index (χ4n) is 1.81. The Hall–Kier alpha value is -1.51. The van der Waals surface area contributed by atoms with Gasteiger partial charge in [0.15, 0.2) is 0 Å². The highest BCUT2D eigenvalue weighted by atomic mass is 35.5. The van der Waals surface area contributed by atoms with Gasteiger partial charge in [0.05, 0.1) is 22.8 Å². The number of anilines is 1. The van der Waals surface area contributed by atoms with Gasteiger partial charge >= 0.3 is 12.1 Å². The van der Waals surface area contributed by atoms with Crippen LogP contribution in [0.2, 0.25) is 5.02 Å². The van der Waals surface area contributed by atoms with Gasteiger partial charge in [-0.2, -0.15) is 13.2 Å². The molecule has 1 aromatic carbocycles. The van der Waals surface area contributed by atoms with Crippen molar-refractivity contribution in [3.05, 3.63) is 28.8 Å². The molecule has 1 aromatic rings. The average molecular weight is 389 g/mol. The Bertz CT molecular complexity index is 583. The number of carbonyl (C=O) groups excluding carboxylic acids is 1. The lowest BCUT2D eigenvalue weighted by molar-refractivity contribution is -0.140. The van der Waals surface area contributed by atoms with Crippen LogP contribution >= 0.6 is 24.0 Å². The smallest absolute Gasteiger partial charge is 0.416 e. The topological polar surface area (TPSA) is 78.4 Å². The molecule has 0 heterocycles. The van der Waals surface area contributed by atoms with E-state index >= 15 is 0 Å². The summed E-state index contributed by atoms with van der Waals surface area (Å²) in [5.41, 5.74) is -1.13. The fraction of sp³-hybridized carbons (Fsp3) is 0.429. The highest BCUT2D eigenvalue weighted by Crippen LogP contribution is 2.33. The van der Waals surface area contributed by atoms with Crippen molar-refractivity contribution in [3.63, 3.8) is 0 Å². The number of carbonyl (C=O) groups is 2. The number of hydrogen-bond donors (Lipinski definition) is 3. The van der Waals surface area contributed by atoms with Crippen LogP contribution in [0.15, 0.2) is 18.2 Å². The molecule has 0 aromatic heterocycles. The van der Waals surface area contributed by atoms with Gasteiger partial charge in [0.1, 0.15) is 6.04 Å². The third kappa shape index (κ3) is 6.94. The Kier molecular flexibility index (Phi) is 9.09. The van der Waals surface area contributed by atoms with E-state index in [1.807, 2.05) is 0 Å². The molecular formula is C14H17Cl2F3N2O3. The number of benzene rings is 1. The lowest BCUT2D eigenvalue weighted by Crippen LogP contribution is -2.41. The zero-order valence-corrected chi connectivity index (χ0v) is 14.2. The molecule has 5 nitrogen and oxygen atoms in total. The van der Waals surface area contributed by atoms with Crippen LogP contribution in [0.5, 0.6) is 0 Å². The number of halogens is 5. The van der Waals surface area contributed by atoms with Gasteiger partial charge in [-0.25, -0.2) is 0 Å². The Morgan fingerprint density at radius 2 is 1.96 bits per heavy atom. The molecule has 1 atom stereocenters. The van der Waals surface area contributed by atoms with Crippen molar-refractivity contribution >= 4 is 41.6 Å². The number of carboxylic acid groups (broad SMARTS) is 1. The molecule has 0 aliphatic heterocycles. The first kappa shape index (κ1) is 22.5. The Labute approximate surface area is 148 Å². The molecule has 1 rings (SSSR count). The molecule has 0 saturated heterocycles. The first-order valence-corrected chi connectivity index (χ1v) is 7.15. The van der Waals surface area contributed by atoms with Gasteiger partial charge < -0.3 is 10.4 Å². The predicted octanol–water partition coefficient (Wildman–Crippen LogP) is 3.56. The van der Waals surface area contributed by atoms with Crippen LogP contribution < -0.4 is 10.6 Å². The molecule has 1 amide bonds. The summed E-state index contributed by atoms with van der Waals surface area (Å²) in [5, 5.41) is 13.7. The van der Waals surface area contributed by atoms with Crippen molar-refractivity contribution < 1.29 is 27.9 Å². The number of amides is 1. The van der Waals surface area contributed by atoms with E-state index in [0.717, 1.165) is 18.2 Å². The SMILES string of the molecule is CCCC(NCC(=O)Nc1cc(C(F)(F)F)ccc1Cl)C(=O)O.Cl. The van der Waals surface area contributed by atoms with E-state index in [-0.39, 0.29) is 29.7 Å². The molecule has 0 spiro atoms. The van der Waals surface area contributed by atoms with Gasteiger partial charge in [-0.3, -0.25) is 14.9 Å². The van der Waals surface area contributed by atoms with Gasteiger partial charge in [0.25, 0.3) is 0 Å². The second-order valence-corrected chi connectivity index (χ2v) is 5.21. The van der Waals surface area contributed by atoms with Crippen molar-refractivity contribution in [2.24, 2.45) is 0 Å². The molecule has 0 aliphatic carbocycles. The van der Waals surface area contributed by atoms with Crippen LogP contribution in [0.1, 0.15) is 25.3 Å². The van der Waals surface area contributed by atoms with Crippen LogP contribution in [0, 0.1) is 0 Å². The van der Waals surface area contributed by atoms with Crippen LogP contribution in [0.3, 0.4) is 0 Å². The van der Waals surface area contributed by atoms with E-state index in [1.54, 1.807) is 6.92 Å². The molecule has 0 bridgehead atoms. The summed E-state index contributed by atoms with van der Waals surface area (Å²) < 4.78 is 37.9.